The van der Waals surface area contributed by atoms with Crippen molar-refractivity contribution in [3.63, 3.8) is 0 Å². The number of alkyl halides is 3. The van der Waals surface area contributed by atoms with Gasteiger partial charge in [0.05, 0.1) is 11.6 Å². The van der Waals surface area contributed by atoms with Crippen molar-refractivity contribution < 1.29 is 18.0 Å². The highest BCUT2D eigenvalue weighted by atomic mass is 19.4. The SMILES string of the molecule is CC(C#N)C(=O)Nc1ccc(C(F)(F)F)cc1. The van der Waals surface area contributed by atoms with Crippen molar-refractivity contribution in [1.29, 1.82) is 5.26 Å². The molecular weight excluding hydrogens is 233 g/mol. The van der Waals surface area contributed by atoms with Crippen molar-refractivity contribution in [2.75, 3.05) is 5.32 Å². The molecular formula is C11H9F3N2O. The van der Waals surface area contributed by atoms with Gasteiger partial charge in [0, 0.05) is 5.69 Å². The Morgan fingerprint density at radius 1 is 1.35 bits per heavy atom. The van der Waals surface area contributed by atoms with Crippen molar-refractivity contribution in [1.82, 2.24) is 0 Å². The highest BCUT2D eigenvalue weighted by Crippen LogP contribution is 2.29. The van der Waals surface area contributed by atoms with Gasteiger partial charge in [-0.15, -0.1) is 0 Å². The molecule has 3 nitrogen and oxygen atoms in total. The fraction of sp³-hybridized carbons (Fsp3) is 0.273. The van der Waals surface area contributed by atoms with E-state index in [0.29, 0.717) is 0 Å². The zero-order valence-electron chi connectivity index (χ0n) is 8.88. The van der Waals surface area contributed by atoms with Gasteiger partial charge in [0.2, 0.25) is 5.91 Å². The molecule has 0 aliphatic rings. The van der Waals surface area contributed by atoms with Crippen LogP contribution in [0.3, 0.4) is 0 Å². The lowest BCUT2D eigenvalue weighted by Gasteiger charge is -2.09. The number of nitrogens with one attached hydrogen (secondary N) is 1. The number of nitriles is 1. The van der Waals surface area contributed by atoms with E-state index in [4.69, 9.17) is 5.26 Å². The van der Waals surface area contributed by atoms with E-state index in [0.717, 1.165) is 24.3 Å². The second-order valence-electron chi connectivity index (χ2n) is 3.42. The zero-order valence-corrected chi connectivity index (χ0v) is 8.88. The van der Waals surface area contributed by atoms with Crippen LogP contribution in [-0.4, -0.2) is 5.91 Å². The number of hydrogen-bond donors (Lipinski definition) is 1. The first-order valence-electron chi connectivity index (χ1n) is 4.72. The standard InChI is InChI=1S/C11H9F3N2O/c1-7(6-15)10(17)16-9-4-2-8(3-5-9)11(12,13)14/h2-5,7H,1H3,(H,16,17). The summed E-state index contributed by atoms with van der Waals surface area (Å²) < 4.78 is 36.7. The predicted molar refractivity (Wildman–Crippen MR) is 54.9 cm³/mol. The first-order valence-corrected chi connectivity index (χ1v) is 4.72. The smallest absolute Gasteiger partial charge is 0.325 e. The normalized spacial score (nSPS) is 12.6. The summed E-state index contributed by atoms with van der Waals surface area (Å²) in [4.78, 5) is 11.3. The van der Waals surface area contributed by atoms with Crippen LogP contribution in [0.15, 0.2) is 24.3 Å². The average molecular weight is 242 g/mol. The minimum absolute atomic E-state index is 0.227. The molecule has 6 heteroatoms. The van der Waals surface area contributed by atoms with Crippen LogP contribution in [0, 0.1) is 17.2 Å². The molecule has 1 N–H and O–H groups in total. The Kier molecular flexibility index (Phi) is 3.73. The molecule has 1 unspecified atom stereocenters. The molecule has 0 saturated heterocycles. The topological polar surface area (TPSA) is 52.9 Å². The number of benzene rings is 1. The van der Waals surface area contributed by atoms with Gasteiger partial charge in [0.15, 0.2) is 0 Å². The lowest BCUT2D eigenvalue weighted by atomic mass is 10.1. The second-order valence-corrected chi connectivity index (χ2v) is 3.42. The monoisotopic (exact) mass is 242 g/mol. The van der Waals surface area contributed by atoms with E-state index in [-0.39, 0.29) is 5.69 Å². The quantitative estimate of drug-likeness (QED) is 0.866. The number of hydrogen-bond acceptors (Lipinski definition) is 2. The molecule has 1 aromatic carbocycles. The van der Waals surface area contributed by atoms with Crippen molar-refractivity contribution in [2.24, 2.45) is 5.92 Å². The second kappa shape index (κ2) is 4.87. The van der Waals surface area contributed by atoms with E-state index in [1.807, 2.05) is 0 Å². The van der Waals surface area contributed by atoms with Crippen LogP contribution in [0.2, 0.25) is 0 Å². The highest BCUT2D eigenvalue weighted by Gasteiger charge is 2.30. The fourth-order valence-electron chi connectivity index (χ4n) is 1.05. The third-order valence-corrected chi connectivity index (χ3v) is 2.07. The van der Waals surface area contributed by atoms with Crippen LogP contribution in [0.4, 0.5) is 18.9 Å². The van der Waals surface area contributed by atoms with Crippen LogP contribution < -0.4 is 5.32 Å². The van der Waals surface area contributed by atoms with Crippen LogP contribution >= 0.6 is 0 Å². The summed E-state index contributed by atoms with van der Waals surface area (Å²) in [6.45, 7) is 1.40. The lowest BCUT2D eigenvalue weighted by Crippen LogP contribution is -2.19. The highest BCUT2D eigenvalue weighted by molar-refractivity contribution is 5.93. The number of halogens is 3. The Morgan fingerprint density at radius 2 is 1.88 bits per heavy atom. The van der Waals surface area contributed by atoms with Gasteiger partial charge in [0.1, 0.15) is 5.92 Å². The number of carbonyl (C=O) groups is 1. The summed E-state index contributed by atoms with van der Waals surface area (Å²) in [5.41, 5.74) is -0.561. The summed E-state index contributed by atoms with van der Waals surface area (Å²) in [5.74, 6) is -1.40. The van der Waals surface area contributed by atoms with Gasteiger partial charge in [-0.3, -0.25) is 4.79 Å². The van der Waals surface area contributed by atoms with Crippen LogP contribution in [0.1, 0.15) is 12.5 Å². The van der Waals surface area contributed by atoms with Crippen LogP contribution in [0.25, 0.3) is 0 Å². The van der Waals surface area contributed by atoms with E-state index < -0.39 is 23.6 Å². The maximum Gasteiger partial charge on any atom is 0.416 e. The minimum atomic E-state index is -4.40. The molecule has 0 aliphatic carbocycles. The summed E-state index contributed by atoms with van der Waals surface area (Å²) in [7, 11) is 0. The largest absolute Gasteiger partial charge is 0.416 e. The number of anilines is 1. The van der Waals surface area contributed by atoms with Gasteiger partial charge in [0.25, 0.3) is 0 Å². The van der Waals surface area contributed by atoms with Crippen LogP contribution in [0.5, 0.6) is 0 Å². The molecule has 0 aromatic heterocycles. The Labute approximate surface area is 95.9 Å². The van der Waals surface area contributed by atoms with Crippen LogP contribution in [-0.2, 0) is 11.0 Å². The van der Waals surface area contributed by atoms with Crippen molar-refractivity contribution in [3.05, 3.63) is 29.8 Å². The summed E-state index contributed by atoms with van der Waals surface area (Å²) >= 11 is 0. The minimum Gasteiger partial charge on any atom is -0.325 e. The molecule has 0 fully saturated rings. The van der Waals surface area contributed by atoms with Gasteiger partial charge in [-0.1, -0.05) is 0 Å². The van der Waals surface area contributed by atoms with Crippen molar-refractivity contribution >= 4 is 11.6 Å². The first kappa shape index (κ1) is 13.0. The Balaban J connectivity index is 2.77. The predicted octanol–water partition coefficient (Wildman–Crippen LogP) is 2.80. The van der Waals surface area contributed by atoms with E-state index in [9.17, 15) is 18.0 Å². The third kappa shape index (κ3) is 3.48. The maximum atomic E-state index is 12.2. The molecule has 90 valence electrons. The molecule has 1 aromatic rings. The van der Waals surface area contributed by atoms with E-state index in [1.165, 1.54) is 6.92 Å². The molecule has 0 spiro atoms. The number of carbonyl (C=O) groups excluding carboxylic acids is 1. The zero-order chi connectivity index (χ0) is 13.1. The average Bonchev–Trinajstić information content (AvgIpc) is 2.27. The number of rotatable bonds is 2. The Hall–Kier alpha value is -2.03. The third-order valence-electron chi connectivity index (χ3n) is 2.07. The van der Waals surface area contributed by atoms with Gasteiger partial charge in [-0.2, -0.15) is 18.4 Å². The molecule has 0 bridgehead atoms. The van der Waals surface area contributed by atoms with Crippen molar-refractivity contribution in [2.45, 2.75) is 13.1 Å². The summed E-state index contributed by atoms with van der Waals surface area (Å²) in [5, 5.41) is 10.8. The Bertz CT molecular complexity index is 445. The maximum absolute atomic E-state index is 12.2. The van der Waals surface area contributed by atoms with Gasteiger partial charge in [-0.05, 0) is 31.2 Å². The molecule has 1 amide bonds. The van der Waals surface area contributed by atoms with E-state index >= 15 is 0 Å². The molecule has 1 rings (SSSR count). The Morgan fingerprint density at radius 3 is 2.29 bits per heavy atom. The molecule has 0 saturated carbocycles. The fourth-order valence-corrected chi connectivity index (χ4v) is 1.05. The van der Waals surface area contributed by atoms with Gasteiger partial charge in [-0.25, -0.2) is 0 Å². The van der Waals surface area contributed by atoms with E-state index in [1.54, 1.807) is 6.07 Å². The van der Waals surface area contributed by atoms with Crippen molar-refractivity contribution in [3.8, 4) is 6.07 Å². The summed E-state index contributed by atoms with van der Waals surface area (Å²) in [6, 6.07) is 5.75. The molecule has 1 atom stereocenters. The molecule has 0 aliphatic heterocycles. The van der Waals surface area contributed by atoms with E-state index in [2.05, 4.69) is 5.32 Å². The summed E-state index contributed by atoms with van der Waals surface area (Å²) in [6.07, 6.45) is -4.40. The first-order chi connectivity index (χ1) is 7.84. The number of nitrogens with zero attached hydrogens (tertiary/aromatic N) is 1. The number of amides is 1. The molecule has 17 heavy (non-hydrogen) atoms. The molecule has 0 heterocycles. The lowest BCUT2D eigenvalue weighted by molar-refractivity contribution is -0.137. The van der Waals surface area contributed by atoms with Gasteiger partial charge >= 0.3 is 6.18 Å². The molecule has 0 radical (unpaired) electrons. The van der Waals surface area contributed by atoms with Gasteiger partial charge < -0.3 is 5.32 Å².